The van der Waals surface area contributed by atoms with Crippen molar-refractivity contribution in [2.75, 3.05) is 18.1 Å². The molecule has 8 heteroatoms. The van der Waals surface area contributed by atoms with E-state index in [1.165, 1.54) is 24.3 Å². The molecule has 30 heavy (non-hydrogen) atoms. The van der Waals surface area contributed by atoms with Crippen molar-refractivity contribution in [3.63, 3.8) is 0 Å². The minimum Gasteiger partial charge on any atom is -0.492 e. The maximum Gasteiger partial charge on any atom is 0.244 e. The maximum atomic E-state index is 12.1. The van der Waals surface area contributed by atoms with Gasteiger partial charge in [0.25, 0.3) is 0 Å². The van der Waals surface area contributed by atoms with Crippen LogP contribution in [0.1, 0.15) is 12.6 Å². The van der Waals surface area contributed by atoms with E-state index in [0.29, 0.717) is 24.0 Å². The number of amides is 2. The molecule has 1 N–H and O–H groups in total. The fourth-order valence-corrected chi connectivity index (χ4v) is 3.81. The van der Waals surface area contributed by atoms with Gasteiger partial charge in [-0.1, -0.05) is 40.2 Å². The van der Waals surface area contributed by atoms with Crippen LogP contribution < -0.4 is 15.0 Å². The molecule has 0 aliphatic rings. The largest absolute Gasteiger partial charge is 0.492 e. The molecule has 1 heterocycles. The highest BCUT2D eigenvalue weighted by Gasteiger charge is 2.17. The van der Waals surface area contributed by atoms with Gasteiger partial charge in [-0.25, -0.2) is 4.98 Å². The van der Waals surface area contributed by atoms with Crippen LogP contribution in [0.2, 0.25) is 0 Å². The summed E-state index contributed by atoms with van der Waals surface area (Å²) in [5.74, 6) is 0.362. The fraction of sp³-hybridized carbons (Fsp3) is 0.136. The molecular formula is C22H20BrN3O3S. The monoisotopic (exact) mass is 485 g/mol. The number of carbonyl (C=O) groups is 2. The molecule has 0 radical (unpaired) electrons. The molecule has 3 rings (SSSR count). The van der Waals surface area contributed by atoms with Gasteiger partial charge in [-0.15, -0.1) is 11.3 Å². The van der Waals surface area contributed by atoms with Crippen LogP contribution in [0.15, 0.2) is 70.5 Å². The van der Waals surface area contributed by atoms with E-state index in [0.717, 1.165) is 15.9 Å². The summed E-state index contributed by atoms with van der Waals surface area (Å²) in [7, 11) is 0. The smallest absolute Gasteiger partial charge is 0.244 e. The number of halogens is 1. The molecule has 6 nitrogen and oxygen atoms in total. The van der Waals surface area contributed by atoms with Gasteiger partial charge in [-0.05, 0) is 36.4 Å². The molecule has 0 saturated heterocycles. The number of hydrogen-bond donors (Lipinski definition) is 1. The summed E-state index contributed by atoms with van der Waals surface area (Å²) in [4.78, 5) is 30.1. The lowest BCUT2D eigenvalue weighted by molar-refractivity contribution is -0.117. The van der Waals surface area contributed by atoms with Crippen LogP contribution in [0, 0.1) is 0 Å². The summed E-state index contributed by atoms with van der Waals surface area (Å²) in [6.45, 7) is 2.24. The van der Waals surface area contributed by atoms with Crippen molar-refractivity contribution in [3.8, 4) is 5.75 Å². The average molecular weight is 486 g/mol. The van der Waals surface area contributed by atoms with Gasteiger partial charge in [-0.3, -0.25) is 14.5 Å². The number of nitrogens with zero attached hydrogens (tertiary/aromatic N) is 2. The molecule has 154 valence electrons. The van der Waals surface area contributed by atoms with Crippen molar-refractivity contribution in [2.45, 2.75) is 6.92 Å². The van der Waals surface area contributed by atoms with Gasteiger partial charge < -0.3 is 10.1 Å². The SMILES string of the molecule is CC(=O)N(c1ccccc1)c1nc(C=CC(=O)NCCOc2cccc(Br)c2)cs1. The Hall–Kier alpha value is -2.97. The van der Waals surface area contributed by atoms with E-state index in [2.05, 4.69) is 26.2 Å². The predicted molar refractivity (Wildman–Crippen MR) is 123 cm³/mol. The fourth-order valence-electron chi connectivity index (χ4n) is 2.58. The summed E-state index contributed by atoms with van der Waals surface area (Å²) in [5.41, 5.74) is 1.36. The van der Waals surface area contributed by atoms with Gasteiger partial charge in [0.05, 0.1) is 17.9 Å². The highest BCUT2D eigenvalue weighted by molar-refractivity contribution is 9.10. The van der Waals surface area contributed by atoms with Gasteiger partial charge >= 0.3 is 0 Å². The number of nitrogens with one attached hydrogen (secondary N) is 1. The van der Waals surface area contributed by atoms with Crippen LogP contribution in [-0.4, -0.2) is 29.9 Å². The molecule has 3 aromatic rings. The van der Waals surface area contributed by atoms with E-state index in [4.69, 9.17) is 4.74 Å². The molecule has 2 aromatic carbocycles. The normalized spacial score (nSPS) is 10.7. The molecule has 0 unspecified atom stereocenters. The first-order valence-electron chi connectivity index (χ1n) is 9.18. The third kappa shape index (κ3) is 6.27. The van der Waals surface area contributed by atoms with Crippen LogP contribution >= 0.6 is 27.3 Å². The average Bonchev–Trinajstić information content (AvgIpc) is 3.19. The van der Waals surface area contributed by atoms with Gasteiger partial charge in [0.1, 0.15) is 12.4 Å². The Labute approximate surface area is 187 Å². The summed E-state index contributed by atoms with van der Waals surface area (Å²) in [6, 6.07) is 16.8. The minimum absolute atomic E-state index is 0.130. The Morgan fingerprint density at radius 1 is 1.20 bits per heavy atom. The van der Waals surface area contributed by atoms with E-state index in [9.17, 15) is 9.59 Å². The molecule has 1 aromatic heterocycles. The number of thiazole rings is 1. The van der Waals surface area contributed by atoms with Crippen LogP contribution in [0.25, 0.3) is 6.08 Å². The third-order valence-electron chi connectivity index (χ3n) is 3.90. The lowest BCUT2D eigenvalue weighted by atomic mass is 10.3. The van der Waals surface area contributed by atoms with Crippen LogP contribution in [0.3, 0.4) is 0 Å². The van der Waals surface area contributed by atoms with Crippen molar-refractivity contribution in [1.29, 1.82) is 0 Å². The molecule has 0 aliphatic heterocycles. The summed E-state index contributed by atoms with van der Waals surface area (Å²) in [5, 5.41) is 5.11. The first-order chi connectivity index (χ1) is 14.5. The van der Waals surface area contributed by atoms with E-state index < -0.39 is 0 Å². The van der Waals surface area contributed by atoms with Crippen molar-refractivity contribution in [3.05, 3.63) is 76.2 Å². The maximum absolute atomic E-state index is 12.1. The van der Waals surface area contributed by atoms with E-state index in [-0.39, 0.29) is 11.8 Å². The first kappa shape index (κ1) is 21.7. The second kappa shape index (κ2) is 10.7. The molecule has 0 spiro atoms. The van der Waals surface area contributed by atoms with Crippen LogP contribution in [0.5, 0.6) is 5.75 Å². The van der Waals surface area contributed by atoms with Crippen molar-refractivity contribution in [2.24, 2.45) is 0 Å². The quantitative estimate of drug-likeness (QED) is 0.367. The standard InChI is InChI=1S/C22H20BrN3O3S/c1-16(27)26(19-7-3-2-4-8-19)22-25-18(15-30-22)10-11-21(28)24-12-13-29-20-9-5-6-17(23)14-20/h2-11,14-15H,12-13H2,1H3,(H,24,28). The number of benzene rings is 2. The number of para-hydroxylation sites is 1. The van der Waals surface area contributed by atoms with Gasteiger partial charge in [0.2, 0.25) is 11.8 Å². The summed E-state index contributed by atoms with van der Waals surface area (Å²) < 4.78 is 6.51. The van der Waals surface area contributed by atoms with Crippen molar-refractivity contribution in [1.82, 2.24) is 10.3 Å². The topological polar surface area (TPSA) is 71.5 Å². The lowest BCUT2D eigenvalue weighted by Crippen LogP contribution is -2.26. The molecule has 0 saturated carbocycles. The number of rotatable bonds is 8. The second-order valence-electron chi connectivity index (χ2n) is 6.18. The summed E-state index contributed by atoms with van der Waals surface area (Å²) in [6.07, 6.45) is 3.03. The molecule has 0 bridgehead atoms. The summed E-state index contributed by atoms with van der Waals surface area (Å²) >= 11 is 4.72. The first-order valence-corrected chi connectivity index (χ1v) is 10.9. The third-order valence-corrected chi connectivity index (χ3v) is 5.24. The van der Waals surface area contributed by atoms with E-state index >= 15 is 0 Å². The zero-order chi connectivity index (χ0) is 21.3. The van der Waals surface area contributed by atoms with Gasteiger partial charge in [-0.2, -0.15) is 0 Å². The van der Waals surface area contributed by atoms with Crippen molar-refractivity contribution < 1.29 is 14.3 Å². The second-order valence-corrected chi connectivity index (χ2v) is 7.93. The Bertz CT molecular complexity index is 1040. The Kier molecular flexibility index (Phi) is 7.75. The molecule has 0 fully saturated rings. The Balaban J connectivity index is 1.52. The van der Waals surface area contributed by atoms with E-state index in [1.807, 2.05) is 54.6 Å². The molecule has 0 atom stereocenters. The zero-order valence-electron chi connectivity index (χ0n) is 16.2. The number of ether oxygens (including phenoxy) is 1. The number of aromatic nitrogens is 1. The van der Waals surface area contributed by atoms with Crippen LogP contribution in [0.4, 0.5) is 10.8 Å². The molecule has 2 amide bonds. The van der Waals surface area contributed by atoms with Gasteiger partial charge in [0.15, 0.2) is 5.13 Å². The number of hydrogen-bond acceptors (Lipinski definition) is 5. The Morgan fingerprint density at radius 2 is 2.00 bits per heavy atom. The minimum atomic E-state index is -0.242. The highest BCUT2D eigenvalue weighted by Crippen LogP contribution is 2.29. The number of carbonyl (C=O) groups excluding carboxylic acids is 2. The lowest BCUT2D eigenvalue weighted by Gasteiger charge is -2.17. The molecular weight excluding hydrogens is 466 g/mol. The van der Waals surface area contributed by atoms with Crippen LogP contribution in [-0.2, 0) is 9.59 Å². The van der Waals surface area contributed by atoms with Gasteiger partial charge in [0, 0.05) is 22.9 Å². The predicted octanol–water partition coefficient (Wildman–Crippen LogP) is 4.80. The highest BCUT2D eigenvalue weighted by atomic mass is 79.9. The Morgan fingerprint density at radius 3 is 2.73 bits per heavy atom. The van der Waals surface area contributed by atoms with E-state index in [1.54, 1.807) is 16.4 Å². The number of anilines is 2. The zero-order valence-corrected chi connectivity index (χ0v) is 18.7. The van der Waals surface area contributed by atoms with Crippen molar-refractivity contribution >= 4 is 56.0 Å². The molecule has 0 aliphatic carbocycles.